The average molecular weight is 446 g/mol. The number of carbonyl (C=O) groups is 1. The molecule has 174 valence electrons. The van der Waals surface area contributed by atoms with Crippen LogP contribution in [-0.2, 0) is 11.8 Å². The van der Waals surface area contributed by atoms with Crippen molar-refractivity contribution in [1.29, 1.82) is 5.26 Å². The summed E-state index contributed by atoms with van der Waals surface area (Å²) in [4.78, 5) is 16.7. The molecule has 3 rings (SSSR count). The Balaban J connectivity index is 1.67. The molecule has 1 aliphatic rings. The Morgan fingerprint density at radius 3 is 2.42 bits per heavy atom. The summed E-state index contributed by atoms with van der Waals surface area (Å²) < 4.78 is 0. The highest BCUT2D eigenvalue weighted by Crippen LogP contribution is 2.39. The van der Waals surface area contributed by atoms with Crippen LogP contribution in [0.5, 0.6) is 0 Å². The monoisotopic (exact) mass is 445 g/mol. The number of hydrogen-bond donors (Lipinski definition) is 3. The number of amides is 1. The fourth-order valence-electron chi connectivity index (χ4n) is 4.63. The van der Waals surface area contributed by atoms with Crippen molar-refractivity contribution in [3.8, 4) is 6.19 Å². The van der Waals surface area contributed by atoms with E-state index in [1.54, 1.807) is 7.05 Å². The van der Waals surface area contributed by atoms with E-state index in [-0.39, 0.29) is 17.4 Å². The maximum absolute atomic E-state index is 12.9. The predicted molar refractivity (Wildman–Crippen MR) is 133 cm³/mol. The number of nitrogens with one attached hydrogen (secondary N) is 3. The second-order valence-electron chi connectivity index (χ2n) is 8.86. The summed E-state index contributed by atoms with van der Waals surface area (Å²) in [5.74, 6) is 0.483. The Bertz CT molecular complexity index is 954. The SMILES string of the molecule is CCCCc1ccc(C(=O)NC[C@]2(c3ccccc3)CC[C@H](N/C(=N/C#N)NC)CC2)cc1. The first-order chi connectivity index (χ1) is 16.1. The third-order valence-electron chi connectivity index (χ3n) is 6.69. The number of carbonyl (C=O) groups excluding carboxylic acids is 1. The van der Waals surface area contributed by atoms with Gasteiger partial charge in [-0.2, -0.15) is 5.26 Å². The maximum Gasteiger partial charge on any atom is 0.251 e. The third kappa shape index (κ3) is 6.58. The lowest BCUT2D eigenvalue weighted by Crippen LogP contribution is -2.49. The van der Waals surface area contributed by atoms with Crippen molar-refractivity contribution in [1.82, 2.24) is 16.0 Å². The summed E-state index contributed by atoms with van der Waals surface area (Å²) in [6.45, 7) is 2.79. The highest BCUT2D eigenvalue weighted by molar-refractivity contribution is 5.94. The molecular formula is C27H35N5O. The Morgan fingerprint density at radius 2 is 1.82 bits per heavy atom. The lowest BCUT2D eigenvalue weighted by molar-refractivity contribution is 0.0935. The van der Waals surface area contributed by atoms with Gasteiger partial charge in [0, 0.05) is 30.6 Å². The van der Waals surface area contributed by atoms with E-state index in [1.807, 2.05) is 24.4 Å². The van der Waals surface area contributed by atoms with Crippen LogP contribution in [0.4, 0.5) is 0 Å². The number of unbranched alkanes of at least 4 members (excludes halogenated alkanes) is 1. The van der Waals surface area contributed by atoms with Crippen LogP contribution in [0.15, 0.2) is 59.6 Å². The molecule has 0 spiro atoms. The Morgan fingerprint density at radius 1 is 1.12 bits per heavy atom. The topological polar surface area (TPSA) is 89.3 Å². The second-order valence-corrected chi connectivity index (χ2v) is 8.86. The Hall–Kier alpha value is -3.33. The lowest BCUT2D eigenvalue weighted by Gasteiger charge is -2.41. The van der Waals surface area contributed by atoms with Crippen LogP contribution < -0.4 is 16.0 Å². The van der Waals surface area contributed by atoms with Crippen molar-refractivity contribution in [2.75, 3.05) is 13.6 Å². The largest absolute Gasteiger partial charge is 0.359 e. The van der Waals surface area contributed by atoms with Crippen molar-refractivity contribution < 1.29 is 4.79 Å². The van der Waals surface area contributed by atoms with E-state index in [2.05, 4.69) is 64.3 Å². The molecule has 0 radical (unpaired) electrons. The van der Waals surface area contributed by atoms with E-state index in [4.69, 9.17) is 5.26 Å². The minimum Gasteiger partial charge on any atom is -0.359 e. The number of nitrogens with zero attached hydrogens (tertiary/aromatic N) is 2. The molecule has 2 aromatic carbocycles. The molecule has 0 atom stereocenters. The molecular weight excluding hydrogens is 410 g/mol. The van der Waals surface area contributed by atoms with Crippen LogP contribution in [0.3, 0.4) is 0 Å². The number of hydrogen-bond acceptors (Lipinski definition) is 3. The van der Waals surface area contributed by atoms with Crippen molar-refractivity contribution in [2.45, 2.75) is 63.3 Å². The molecule has 1 aliphatic carbocycles. The van der Waals surface area contributed by atoms with E-state index >= 15 is 0 Å². The molecule has 0 aromatic heterocycles. The van der Waals surface area contributed by atoms with Gasteiger partial charge in [0.1, 0.15) is 0 Å². The van der Waals surface area contributed by atoms with Crippen molar-refractivity contribution in [2.24, 2.45) is 4.99 Å². The van der Waals surface area contributed by atoms with Crippen molar-refractivity contribution >= 4 is 11.9 Å². The van der Waals surface area contributed by atoms with Crippen LogP contribution in [-0.4, -0.2) is 31.5 Å². The zero-order chi connectivity index (χ0) is 23.5. The zero-order valence-electron chi connectivity index (χ0n) is 19.7. The van der Waals surface area contributed by atoms with Gasteiger partial charge in [-0.05, 0) is 61.8 Å². The fraction of sp³-hybridized carbons (Fsp3) is 0.444. The Labute approximate surface area is 197 Å². The van der Waals surface area contributed by atoms with E-state index in [1.165, 1.54) is 24.0 Å². The maximum atomic E-state index is 12.9. The summed E-state index contributed by atoms with van der Waals surface area (Å²) in [6, 6.07) is 18.7. The Kier molecular flexibility index (Phi) is 8.88. The van der Waals surface area contributed by atoms with E-state index in [0.29, 0.717) is 18.1 Å². The third-order valence-corrected chi connectivity index (χ3v) is 6.69. The molecule has 0 bridgehead atoms. The minimum atomic E-state index is -0.109. The average Bonchev–Trinajstić information content (AvgIpc) is 2.87. The molecule has 33 heavy (non-hydrogen) atoms. The highest BCUT2D eigenvalue weighted by atomic mass is 16.1. The van der Waals surface area contributed by atoms with Crippen molar-refractivity contribution in [3.63, 3.8) is 0 Å². The van der Waals surface area contributed by atoms with Crippen LogP contribution >= 0.6 is 0 Å². The molecule has 6 nitrogen and oxygen atoms in total. The van der Waals surface area contributed by atoms with Gasteiger partial charge in [0.05, 0.1) is 0 Å². The zero-order valence-corrected chi connectivity index (χ0v) is 19.7. The summed E-state index contributed by atoms with van der Waals surface area (Å²) in [5, 5.41) is 18.3. The lowest BCUT2D eigenvalue weighted by atomic mass is 9.68. The van der Waals surface area contributed by atoms with Crippen LogP contribution in [0.25, 0.3) is 0 Å². The molecule has 1 saturated carbocycles. The van der Waals surface area contributed by atoms with Gasteiger partial charge in [0.25, 0.3) is 5.91 Å². The smallest absolute Gasteiger partial charge is 0.251 e. The van der Waals surface area contributed by atoms with Gasteiger partial charge in [-0.3, -0.25) is 4.79 Å². The molecule has 1 fully saturated rings. The molecule has 0 heterocycles. The number of aryl methyl sites for hydroxylation is 1. The predicted octanol–water partition coefficient (Wildman–Crippen LogP) is 4.29. The van der Waals surface area contributed by atoms with Crippen LogP contribution in [0, 0.1) is 11.5 Å². The summed E-state index contributed by atoms with van der Waals surface area (Å²) in [7, 11) is 1.76. The van der Waals surface area contributed by atoms with Crippen LogP contribution in [0.1, 0.15) is 66.9 Å². The van der Waals surface area contributed by atoms with E-state index < -0.39 is 0 Å². The van der Waals surface area contributed by atoms with Crippen molar-refractivity contribution in [3.05, 3.63) is 71.3 Å². The van der Waals surface area contributed by atoms with Crippen LogP contribution in [0.2, 0.25) is 0 Å². The first-order valence-electron chi connectivity index (χ1n) is 11.9. The highest BCUT2D eigenvalue weighted by Gasteiger charge is 2.37. The normalized spacial score (nSPS) is 20.5. The number of guanidine groups is 1. The molecule has 2 aromatic rings. The quantitative estimate of drug-likeness (QED) is 0.321. The second kappa shape index (κ2) is 12.1. The van der Waals surface area contributed by atoms with Gasteiger partial charge < -0.3 is 16.0 Å². The molecule has 0 aliphatic heterocycles. The molecule has 6 heteroatoms. The summed E-state index contributed by atoms with van der Waals surface area (Å²) in [6.07, 6.45) is 8.96. The van der Waals surface area contributed by atoms with Gasteiger partial charge in [-0.1, -0.05) is 55.8 Å². The molecule has 0 unspecified atom stereocenters. The number of rotatable bonds is 8. The number of benzene rings is 2. The standard InChI is InChI=1S/C27H35N5O/c1-3-4-8-21-11-13-22(14-12-21)25(33)30-19-27(23-9-6-5-7-10-23)17-15-24(16-18-27)32-26(29-2)31-20-28/h5-7,9-14,24H,3-4,8,15-19H2,1-2H3,(H,30,33)(H2,29,31,32)/t24-,27-. The van der Waals surface area contributed by atoms with Gasteiger partial charge in [0.2, 0.25) is 12.2 Å². The van der Waals surface area contributed by atoms with Gasteiger partial charge in [-0.25, -0.2) is 0 Å². The number of nitriles is 1. The first-order valence-corrected chi connectivity index (χ1v) is 11.9. The van der Waals surface area contributed by atoms with E-state index in [0.717, 1.165) is 32.1 Å². The minimum absolute atomic E-state index is 0.0220. The summed E-state index contributed by atoms with van der Waals surface area (Å²) in [5.41, 5.74) is 3.14. The van der Waals surface area contributed by atoms with Gasteiger partial charge in [0.15, 0.2) is 0 Å². The van der Waals surface area contributed by atoms with Gasteiger partial charge >= 0.3 is 0 Å². The molecule has 0 saturated heterocycles. The van der Waals surface area contributed by atoms with E-state index in [9.17, 15) is 4.79 Å². The summed E-state index contributed by atoms with van der Waals surface area (Å²) >= 11 is 0. The molecule has 3 N–H and O–H groups in total. The fourth-order valence-corrected chi connectivity index (χ4v) is 4.63. The first kappa shape index (κ1) is 24.3. The number of aliphatic imine (C=N–C) groups is 1. The molecule has 1 amide bonds. The van der Waals surface area contributed by atoms with Gasteiger partial charge in [-0.15, -0.1) is 4.99 Å².